The summed E-state index contributed by atoms with van der Waals surface area (Å²) in [5.74, 6) is 1.79. The molecule has 0 saturated carbocycles. The lowest BCUT2D eigenvalue weighted by molar-refractivity contribution is 0.759. The number of aryl methyl sites for hydroxylation is 1. The molecule has 2 heterocycles. The van der Waals surface area contributed by atoms with Crippen molar-refractivity contribution in [2.24, 2.45) is 0 Å². The number of anilines is 1. The Morgan fingerprint density at radius 1 is 1.47 bits per heavy atom. The molecular weight excluding hydrogens is 192 g/mol. The Balaban J connectivity index is 1.83. The van der Waals surface area contributed by atoms with Gasteiger partial charge < -0.3 is 9.88 Å². The molecule has 0 atom stereocenters. The zero-order chi connectivity index (χ0) is 10.5. The van der Waals surface area contributed by atoms with Crippen LogP contribution in [-0.4, -0.2) is 31.3 Å². The molecular formula is C9H14N6. The first-order valence-corrected chi connectivity index (χ1v) is 4.99. The summed E-state index contributed by atoms with van der Waals surface area (Å²) >= 11 is 0. The van der Waals surface area contributed by atoms with Crippen molar-refractivity contribution < 1.29 is 0 Å². The third-order valence-corrected chi connectivity index (χ3v) is 2.17. The van der Waals surface area contributed by atoms with Crippen LogP contribution < -0.4 is 5.32 Å². The Bertz CT molecular complexity index is 390. The minimum atomic E-state index is 0.798. The van der Waals surface area contributed by atoms with Crippen molar-refractivity contribution >= 4 is 5.95 Å². The minimum absolute atomic E-state index is 0.798. The molecule has 2 aromatic rings. The smallest absolute Gasteiger partial charge is 0.202 e. The van der Waals surface area contributed by atoms with E-state index in [1.54, 1.807) is 6.20 Å². The Morgan fingerprint density at radius 3 is 3.13 bits per heavy atom. The number of nitrogens with one attached hydrogen (secondary N) is 2. The molecule has 0 aromatic carbocycles. The number of hydrogen-bond donors (Lipinski definition) is 2. The normalized spacial score (nSPS) is 10.5. The van der Waals surface area contributed by atoms with Crippen LogP contribution in [0.15, 0.2) is 18.7 Å². The summed E-state index contributed by atoms with van der Waals surface area (Å²) < 4.78 is 2.06. The van der Waals surface area contributed by atoms with Crippen molar-refractivity contribution in [3.05, 3.63) is 24.5 Å². The second kappa shape index (κ2) is 4.59. The first-order valence-electron chi connectivity index (χ1n) is 4.99. The number of H-pyrrole nitrogens is 1. The van der Waals surface area contributed by atoms with E-state index < -0.39 is 0 Å². The number of aromatic amines is 1. The molecule has 0 radical (unpaired) electrons. The number of imidazole rings is 1. The first-order chi connectivity index (χ1) is 7.40. The van der Waals surface area contributed by atoms with Crippen LogP contribution in [0.25, 0.3) is 0 Å². The SMILES string of the molecule is CCn1ccnc1NCCc1ncn[nH]1. The molecule has 0 unspecified atom stereocenters. The van der Waals surface area contributed by atoms with Gasteiger partial charge in [-0.3, -0.25) is 5.10 Å². The summed E-state index contributed by atoms with van der Waals surface area (Å²) in [7, 11) is 0. The summed E-state index contributed by atoms with van der Waals surface area (Å²) in [6.45, 7) is 3.81. The van der Waals surface area contributed by atoms with Crippen molar-refractivity contribution in [2.45, 2.75) is 19.9 Å². The molecule has 80 valence electrons. The maximum absolute atomic E-state index is 4.21. The van der Waals surface area contributed by atoms with Gasteiger partial charge >= 0.3 is 0 Å². The highest BCUT2D eigenvalue weighted by molar-refractivity contribution is 5.25. The van der Waals surface area contributed by atoms with Gasteiger partial charge in [-0.15, -0.1) is 0 Å². The van der Waals surface area contributed by atoms with Crippen molar-refractivity contribution in [2.75, 3.05) is 11.9 Å². The lowest BCUT2D eigenvalue weighted by atomic mass is 10.4. The highest BCUT2D eigenvalue weighted by atomic mass is 15.2. The van der Waals surface area contributed by atoms with Gasteiger partial charge in [-0.2, -0.15) is 5.10 Å². The van der Waals surface area contributed by atoms with Gasteiger partial charge in [-0.25, -0.2) is 9.97 Å². The zero-order valence-electron chi connectivity index (χ0n) is 8.64. The monoisotopic (exact) mass is 206 g/mol. The van der Waals surface area contributed by atoms with E-state index in [9.17, 15) is 0 Å². The minimum Gasteiger partial charge on any atom is -0.355 e. The Hall–Kier alpha value is -1.85. The molecule has 15 heavy (non-hydrogen) atoms. The van der Waals surface area contributed by atoms with Crippen LogP contribution >= 0.6 is 0 Å². The summed E-state index contributed by atoms with van der Waals surface area (Å²) in [6, 6.07) is 0. The molecule has 0 bridgehead atoms. The van der Waals surface area contributed by atoms with Gasteiger partial charge in [0.2, 0.25) is 5.95 Å². The topological polar surface area (TPSA) is 71.4 Å². The van der Waals surface area contributed by atoms with E-state index in [0.29, 0.717) is 0 Å². The van der Waals surface area contributed by atoms with E-state index in [1.165, 1.54) is 6.33 Å². The van der Waals surface area contributed by atoms with Gasteiger partial charge in [0.25, 0.3) is 0 Å². The summed E-state index contributed by atoms with van der Waals surface area (Å²) in [5.41, 5.74) is 0. The van der Waals surface area contributed by atoms with Gasteiger partial charge in [0, 0.05) is 31.9 Å². The van der Waals surface area contributed by atoms with Crippen molar-refractivity contribution in [3.8, 4) is 0 Å². The van der Waals surface area contributed by atoms with E-state index in [2.05, 4.69) is 37.0 Å². The zero-order valence-corrected chi connectivity index (χ0v) is 8.64. The maximum atomic E-state index is 4.21. The highest BCUT2D eigenvalue weighted by Gasteiger charge is 2.00. The van der Waals surface area contributed by atoms with Gasteiger partial charge in [0.15, 0.2) is 0 Å². The Morgan fingerprint density at radius 2 is 2.40 bits per heavy atom. The largest absolute Gasteiger partial charge is 0.355 e. The molecule has 0 spiro atoms. The van der Waals surface area contributed by atoms with E-state index in [-0.39, 0.29) is 0 Å². The number of aromatic nitrogens is 5. The fourth-order valence-electron chi connectivity index (χ4n) is 1.38. The molecule has 0 aliphatic heterocycles. The third-order valence-electron chi connectivity index (χ3n) is 2.17. The van der Waals surface area contributed by atoms with Crippen molar-refractivity contribution in [1.82, 2.24) is 24.7 Å². The molecule has 6 nitrogen and oxygen atoms in total. The average Bonchev–Trinajstić information content (AvgIpc) is 2.88. The van der Waals surface area contributed by atoms with Crippen molar-refractivity contribution in [1.29, 1.82) is 0 Å². The molecule has 0 saturated heterocycles. The number of nitrogens with zero attached hydrogens (tertiary/aromatic N) is 4. The van der Waals surface area contributed by atoms with Crippen LogP contribution in [0.3, 0.4) is 0 Å². The van der Waals surface area contributed by atoms with Crippen LogP contribution in [0.4, 0.5) is 5.95 Å². The fourth-order valence-corrected chi connectivity index (χ4v) is 1.38. The van der Waals surface area contributed by atoms with Crippen LogP contribution in [0, 0.1) is 0 Å². The van der Waals surface area contributed by atoms with E-state index in [4.69, 9.17) is 0 Å². The lowest BCUT2D eigenvalue weighted by Crippen LogP contribution is -2.10. The first kappa shape index (κ1) is 9.70. The van der Waals surface area contributed by atoms with Crippen LogP contribution in [0.5, 0.6) is 0 Å². The molecule has 6 heteroatoms. The van der Waals surface area contributed by atoms with E-state index in [1.807, 2.05) is 6.20 Å². The Labute approximate surface area is 87.8 Å². The standard InChI is InChI=1S/C9H14N6/c1-2-15-6-5-11-9(15)10-4-3-8-12-7-13-14-8/h5-7H,2-4H2,1H3,(H,10,11)(H,12,13,14). The summed E-state index contributed by atoms with van der Waals surface area (Å²) in [6.07, 6.45) is 6.08. The second-order valence-corrected chi connectivity index (χ2v) is 3.15. The number of rotatable bonds is 5. The molecule has 2 aromatic heterocycles. The predicted octanol–water partition coefficient (Wildman–Crippen LogP) is 0.676. The van der Waals surface area contributed by atoms with Gasteiger partial charge in [-0.1, -0.05) is 0 Å². The molecule has 0 fully saturated rings. The molecule has 2 rings (SSSR count). The van der Waals surface area contributed by atoms with Gasteiger partial charge in [0.05, 0.1) is 0 Å². The fraction of sp³-hybridized carbons (Fsp3) is 0.444. The van der Waals surface area contributed by atoms with E-state index >= 15 is 0 Å². The van der Waals surface area contributed by atoms with Crippen molar-refractivity contribution in [3.63, 3.8) is 0 Å². The molecule has 0 amide bonds. The van der Waals surface area contributed by atoms with Gasteiger partial charge in [0.1, 0.15) is 12.2 Å². The maximum Gasteiger partial charge on any atom is 0.202 e. The quantitative estimate of drug-likeness (QED) is 0.754. The van der Waals surface area contributed by atoms with E-state index in [0.717, 1.165) is 31.3 Å². The summed E-state index contributed by atoms with van der Waals surface area (Å²) in [5, 5.41) is 9.85. The molecule has 0 aliphatic rings. The Kier molecular flexibility index (Phi) is 2.96. The van der Waals surface area contributed by atoms with Crippen LogP contribution in [0.1, 0.15) is 12.7 Å². The lowest BCUT2D eigenvalue weighted by Gasteiger charge is -2.06. The van der Waals surface area contributed by atoms with Gasteiger partial charge in [-0.05, 0) is 6.92 Å². The molecule has 0 aliphatic carbocycles. The third kappa shape index (κ3) is 2.34. The average molecular weight is 206 g/mol. The van der Waals surface area contributed by atoms with Crippen LogP contribution in [0.2, 0.25) is 0 Å². The predicted molar refractivity (Wildman–Crippen MR) is 56.5 cm³/mol. The van der Waals surface area contributed by atoms with Crippen LogP contribution in [-0.2, 0) is 13.0 Å². The molecule has 2 N–H and O–H groups in total. The highest BCUT2D eigenvalue weighted by Crippen LogP contribution is 2.03. The number of hydrogen-bond acceptors (Lipinski definition) is 4. The summed E-state index contributed by atoms with van der Waals surface area (Å²) in [4.78, 5) is 8.26. The second-order valence-electron chi connectivity index (χ2n) is 3.15.